The van der Waals surface area contributed by atoms with Crippen molar-refractivity contribution >= 4 is 32.2 Å². The summed E-state index contributed by atoms with van der Waals surface area (Å²) in [6, 6.07) is 8.75. The third-order valence-electron chi connectivity index (χ3n) is 5.16. The molecule has 8 nitrogen and oxygen atoms in total. The molecule has 4 rings (SSSR count). The lowest BCUT2D eigenvalue weighted by atomic mass is 10.1. The standard InChI is InChI=1S/C20H22N4O4S2/c1-12-13(2)29-20(21-12)22-19(25)17-10-18(14-4-6-16(28-3)7-5-14)24(23-17)15-8-9-30(26,27)11-15/h4-7,10,15H,8-9,11H2,1-3H3,(H,21,22,25)/t15-/m0/s1. The molecule has 0 spiro atoms. The van der Waals surface area contributed by atoms with Gasteiger partial charge in [0.15, 0.2) is 20.7 Å². The maximum Gasteiger partial charge on any atom is 0.277 e. The van der Waals surface area contributed by atoms with Crippen molar-refractivity contribution in [3.8, 4) is 17.0 Å². The maximum atomic E-state index is 12.8. The summed E-state index contributed by atoms with van der Waals surface area (Å²) in [5.74, 6) is 0.474. The first kappa shape index (κ1) is 20.5. The molecule has 3 heterocycles. The van der Waals surface area contributed by atoms with Gasteiger partial charge in [-0.15, -0.1) is 11.3 Å². The first-order valence-electron chi connectivity index (χ1n) is 9.45. The summed E-state index contributed by atoms with van der Waals surface area (Å²) in [6.07, 6.45) is 0.471. The summed E-state index contributed by atoms with van der Waals surface area (Å²) in [5, 5.41) is 7.79. The highest BCUT2D eigenvalue weighted by Crippen LogP contribution is 2.31. The number of methoxy groups -OCH3 is 1. The number of amides is 1. The fraction of sp³-hybridized carbons (Fsp3) is 0.350. The van der Waals surface area contributed by atoms with Gasteiger partial charge in [-0.25, -0.2) is 13.4 Å². The highest BCUT2D eigenvalue weighted by molar-refractivity contribution is 7.91. The topological polar surface area (TPSA) is 103 Å². The van der Waals surface area contributed by atoms with Crippen LogP contribution in [-0.4, -0.2) is 47.7 Å². The van der Waals surface area contributed by atoms with E-state index in [1.165, 1.54) is 11.3 Å². The largest absolute Gasteiger partial charge is 0.497 e. The maximum absolute atomic E-state index is 12.8. The molecule has 1 atom stereocenters. The van der Waals surface area contributed by atoms with Crippen LogP contribution in [-0.2, 0) is 9.84 Å². The molecule has 2 aromatic heterocycles. The minimum atomic E-state index is -3.10. The van der Waals surface area contributed by atoms with Crippen LogP contribution in [0.4, 0.5) is 5.13 Å². The number of aryl methyl sites for hydroxylation is 2. The van der Waals surface area contributed by atoms with Crippen LogP contribution in [0.5, 0.6) is 5.75 Å². The Morgan fingerprint density at radius 2 is 2.00 bits per heavy atom. The van der Waals surface area contributed by atoms with Crippen LogP contribution in [0.3, 0.4) is 0 Å². The van der Waals surface area contributed by atoms with Crippen LogP contribution in [0, 0.1) is 13.8 Å². The minimum Gasteiger partial charge on any atom is -0.497 e. The number of sulfone groups is 1. The number of benzene rings is 1. The zero-order valence-electron chi connectivity index (χ0n) is 16.9. The van der Waals surface area contributed by atoms with Crippen molar-refractivity contribution in [2.45, 2.75) is 26.3 Å². The highest BCUT2D eigenvalue weighted by Gasteiger charge is 2.32. The monoisotopic (exact) mass is 446 g/mol. The van der Waals surface area contributed by atoms with Crippen molar-refractivity contribution in [2.75, 3.05) is 23.9 Å². The Morgan fingerprint density at radius 1 is 1.27 bits per heavy atom. The molecule has 0 bridgehead atoms. The zero-order valence-corrected chi connectivity index (χ0v) is 18.5. The quantitative estimate of drug-likeness (QED) is 0.645. The van der Waals surface area contributed by atoms with Gasteiger partial charge in [-0.2, -0.15) is 5.10 Å². The Morgan fingerprint density at radius 3 is 2.57 bits per heavy atom. The molecule has 0 aliphatic carbocycles. The van der Waals surface area contributed by atoms with Crippen LogP contribution in [0.25, 0.3) is 11.3 Å². The van der Waals surface area contributed by atoms with Gasteiger partial charge in [0.05, 0.1) is 36.0 Å². The lowest BCUT2D eigenvalue weighted by molar-refractivity contribution is 0.102. The number of anilines is 1. The molecule has 10 heteroatoms. The first-order valence-corrected chi connectivity index (χ1v) is 12.1. The van der Waals surface area contributed by atoms with E-state index in [1.54, 1.807) is 17.9 Å². The predicted octanol–water partition coefficient (Wildman–Crippen LogP) is 3.24. The van der Waals surface area contributed by atoms with E-state index in [-0.39, 0.29) is 29.1 Å². The summed E-state index contributed by atoms with van der Waals surface area (Å²) < 4.78 is 30.9. The third-order valence-corrected chi connectivity index (χ3v) is 7.90. The Bertz CT molecular complexity index is 1180. The van der Waals surface area contributed by atoms with Crippen molar-refractivity contribution in [3.05, 3.63) is 46.6 Å². The van der Waals surface area contributed by atoms with E-state index in [0.29, 0.717) is 23.0 Å². The molecule has 0 unspecified atom stereocenters. The van der Waals surface area contributed by atoms with E-state index < -0.39 is 9.84 Å². The smallest absolute Gasteiger partial charge is 0.277 e. The highest BCUT2D eigenvalue weighted by atomic mass is 32.2. The molecule has 1 aromatic carbocycles. The van der Waals surface area contributed by atoms with Gasteiger partial charge in [0.25, 0.3) is 5.91 Å². The molecule has 1 fully saturated rings. The van der Waals surface area contributed by atoms with Crippen molar-refractivity contribution in [1.82, 2.24) is 14.8 Å². The fourth-order valence-corrected chi connectivity index (χ4v) is 5.92. The summed E-state index contributed by atoms with van der Waals surface area (Å²) >= 11 is 1.40. The van der Waals surface area contributed by atoms with E-state index in [1.807, 2.05) is 38.1 Å². The van der Waals surface area contributed by atoms with Crippen molar-refractivity contribution in [3.63, 3.8) is 0 Å². The molecule has 1 aliphatic rings. The molecular weight excluding hydrogens is 424 g/mol. The number of hydrogen-bond donors (Lipinski definition) is 1. The summed E-state index contributed by atoms with van der Waals surface area (Å²) in [7, 11) is -1.51. The number of aromatic nitrogens is 3. The molecule has 158 valence electrons. The van der Waals surface area contributed by atoms with Crippen molar-refractivity contribution in [2.24, 2.45) is 0 Å². The average Bonchev–Trinajstić information content (AvgIpc) is 3.39. The molecule has 3 aromatic rings. The number of nitrogens with one attached hydrogen (secondary N) is 1. The van der Waals surface area contributed by atoms with E-state index in [4.69, 9.17) is 4.74 Å². The van der Waals surface area contributed by atoms with E-state index in [2.05, 4.69) is 15.4 Å². The number of thiazole rings is 1. The second-order valence-corrected chi connectivity index (χ2v) is 10.7. The van der Waals surface area contributed by atoms with Gasteiger partial charge >= 0.3 is 0 Å². The summed E-state index contributed by atoms with van der Waals surface area (Å²) in [4.78, 5) is 18.2. The van der Waals surface area contributed by atoms with Crippen LogP contribution in [0.1, 0.15) is 33.5 Å². The van der Waals surface area contributed by atoms with Crippen LogP contribution in [0.2, 0.25) is 0 Å². The van der Waals surface area contributed by atoms with Gasteiger partial charge < -0.3 is 4.74 Å². The number of rotatable bonds is 5. The summed E-state index contributed by atoms with van der Waals surface area (Å²) in [5.41, 5.74) is 2.61. The predicted molar refractivity (Wildman–Crippen MR) is 116 cm³/mol. The van der Waals surface area contributed by atoms with Crippen LogP contribution in [0.15, 0.2) is 30.3 Å². The van der Waals surface area contributed by atoms with E-state index in [0.717, 1.165) is 16.1 Å². The Hall–Kier alpha value is -2.72. The number of nitrogens with zero attached hydrogens (tertiary/aromatic N) is 3. The van der Waals surface area contributed by atoms with E-state index >= 15 is 0 Å². The second-order valence-electron chi connectivity index (χ2n) is 7.26. The lowest BCUT2D eigenvalue weighted by Crippen LogP contribution is -2.16. The van der Waals surface area contributed by atoms with Gasteiger partial charge in [-0.05, 0) is 50.6 Å². The normalized spacial score (nSPS) is 17.8. The number of hydrogen-bond acceptors (Lipinski definition) is 7. The average molecular weight is 447 g/mol. The lowest BCUT2D eigenvalue weighted by Gasteiger charge is -2.13. The first-order chi connectivity index (χ1) is 14.3. The fourth-order valence-electron chi connectivity index (χ4n) is 3.42. The number of ether oxygens (including phenoxy) is 1. The Labute approximate surface area is 178 Å². The van der Waals surface area contributed by atoms with Gasteiger partial charge in [0.1, 0.15) is 5.75 Å². The van der Waals surface area contributed by atoms with Crippen molar-refractivity contribution in [1.29, 1.82) is 0 Å². The van der Waals surface area contributed by atoms with Crippen LogP contribution >= 0.6 is 11.3 Å². The second kappa shape index (κ2) is 7.84. The molecule has 1 aliphatic heterocycles. The molecule has 30 heavy (non-hydrogen) atoms. The van der Waals surface area contributed by atoms with Gasteiger partial charge in [0.2, 0.25) is 0 Å². The van der Waals surface area contributed by atoms with Gasteiger partial charge in [-0.3, -0.25) is 14.8 Å². The van der Waals surface area contributed by atoms with Gasteiger partial charge in [0, 0.05) is 10.4 Å². The molecule has 1 saturated heterocycles. The zero-order chi connectivity index (χ0) is 21.5. The minimum absolute atomic E-state index is 0.0176. The Kier molecular flexibility index (Phi) is 5.37. The molecule has 1 amide bonds. The third kappa shape index (κ3) is 4.10. The summed E-state index contributed by atoms with van der Waals surface area (Å²) in [6.45, 7) is 3.83. The van der Waals surface area contributed by atoms with Crippen molar-refractivity contribution < 1.29 is 17.9 Å². The SMILES string of the molecule is COc1ccc(-c2cc(C(=O)Nc3nc(C)c(C)s3)nn2[C@H]2CCS(=O)(=O)C2)cc1. The molecule has 1 N–H and O–H groups in total. The molecule has 0 radical (unpaired) electrons. The Balaban J connectivity index is 1.70. The molecule has 0 saturated carbocycles. The van der Waals surface area contributed by atoms with E-state index in [9.17, 15) is 13.2 Å². The van der Waals surface area contributed by atoms with Gasteiger partial charge in [-0.1, -0.05) is 0 Å². The van der Waals surface area contributed by atoms with Crippen LogP contribution < -0.4 is 10.1 Å². The molecular formula is C20H22N4O4S2. The number of carbonyl (C=O) groups is 1. The number of carbonyl (C=O) groups excluding carboxylic acids is 1.